The van der Waals surface area contributed by atoms with E-state index in [1.807, 2.05) is 12.1 Å². The molecule has 4 rings (SSSR count). The third-order valence-electron chi connectivity index (χ3n) is 4.51. The molecule has 0 spiro atoms. The van der Waals surface area contributed by atoms with Crippen LogP contribution in [0.15, 0.2) is 41.1 Å². The molecule has 2 aromatic rings. The normalized spacial score (nSPS) is 27.8. The number of furan rings is 1. The monoisotopic (exact) mass is 318 g/mol. The van der Waals surface area contributed by atoms with Crippen LogP contribution >= 0.6 is 0 Å². The molecule has 0 aliphatic carbocycles. The van der Waals surface area contributed by atoms with Crippen LogP contribution < -0.4 is 4.74 Å². The van der Waals surface area contributed by atoms with Gasteiger partial charge in [0.05, 0.1) is 12.8 Å². The Balaban J connectivity index is 1.52. The van der Waals surface area contributed by atoms with Crippen LogP contribution in [0.4, 0.5) is 4.39 Å². The van der Waals surface area contributed by atoms with Crippen LogP contribution in [0.3, 0.4) is 0 Å². The Hall–Kier alpha value is -1.92. The van der Waals surface area contributed by atoms with Gasteiger partial charge in [-0.15, -0.1) is 0 Å². The average Bonchev–Trinajstić information content (AvgIpc) is 3.19. The van der Waals surface area contributed by atoms with Gasteiger partial charge in [-0.2, -0.15) is 0 Å². The first kappa shape index (κ1) is 14.7. The number of hydrogen-bond donors (Lipinski definition) is 0. The van der Waals surface area contributed by atoms with Gasteiger partial charge >= 0.3 is 0 Å². The maximum Gasteiger partial charge on any atom is 0.250 e. The first-order chi connectivity index (χ1) is 11.3. The molecule has 23 heavy (non-hydrogen) atoms. The van der Waals surface area contributed by atoms with Crippen LogP contribution in [0.25, 0.3) is 0 Å². The van der Waals surface area contributed by atoms with Gasteiger partial charge < -0.3 is 13.9 Å². The van der Waals surface area contributed by atoms with Gasteiger partial charge in [0.25, 0.3) is 5.88 Å². The largest absolute Gasteiger partial charge is 0.468 e. The predicted octanol–water partition coefficient (Wildman–Crippen LogP) is 2.62. The lowest BCUT2D eigenvalue weighted by Crippen LogP contribution is -2.42. The molecule has 0 unspecified atom stereocenters. The molecule has 0 aromatic carbocycles. The van der Waals surface area contributed by atoms with Crippen LogP contribution in [0.5, 0.6) is 5.88 Å². The zero-order valence-electron chi connectivity index (χ0n) is 12.7. The summed E-state index contributed by atoms with van der Waals surface area (Å²) in [6.07, 6.45) is 5.01. The Bertz CT molecular complexity index is 649. The molecule has 6 heteroatoms. The summed E-state index contributed by atoms with van der Waals surface area (Å²) in [4.78, 5) is 6.29. The third-order valence-corrected chi connectivity index (χ3v) is 4.51. The van der Waals surface area contributed by atoms with Crippen molar-refractivity contribution in [3.63, 3.8) is 0 Å². The van der Waals surface area contributed by atoms with E-state index >= 15 is 0 Å². The summed E-state index contributed by atoms with van der Waals surface area (Å²) in [7, 11) is 0. The highest BCUT2D eigenvalue weighted by Crippen LogP contribution is 2.32. The topological polar surface area (TPSA) is 47.7 Å². The van der Waals surface area contributed by atoms with E-state index in [1.165, 1.54) is 12.3 Å². The van der Waals surface area contributed by atoms with Crippen molar-refractivity contribution < 1.29 is 18.3 Å². The van der Waals surface area contributed by atoms with Crippen LogP contribution in [0, 0.1) is 5.82 Å². The molecule has 4 heterocycles. The van der Waals surface area contributed by atoms with Crippen molar-refractivity contribution in [2.45, 2.75) is 37.6 Å². The zero-order chi connectivity index (χ0) is 15.6. The lowest BCUT2D eigenvalue weighted by Gasteiger charge is -2.31. The van der Waals surface area contributed by atoms with E-state index in [2.05, 4.69) is 9.88 Å². The highest BCUT2D eigenvalue weighted by molar-refractivity contribution is 5.15. The van der Waals surface area contributed by atoms with Gasteiger partial charge in [-0.3, -0.25) is 4.90 Å². The SMILES string of the molecule is Fc1cccnc1O[C@@H]1CN(Cc2ccco2)[C@@H]2CCCO[C@@H]21. The van der Waals surface area contributed by atoms with Crippen molar-refractivity contribution in [3.05, 3.63) is 48.3 Å². The summed E-state index contributed by atoms with van der Waals surface area (Å²) in [5.41, 5.74) is 0. The Labute approximate surface area is 134 Å². The van der Waals surface area contributed by atoms with Crippen molar-refractivity contribution in [1.82, 2.24) is 9.88 Å². The molecule has 2 aliphatic heterocycles. The molecule has 0 amide bonds. The van der Waals surface area contributed by atoms with Crippen LogP contribution in [0.1, 0.15) is 18.6 Å². The van der Waals surface area contributed by atoms with Gasteiger partial charge in [-0.25, -0.2) is 9.37 Å². The Morgan fingerprint density at radius 3 is 3.13 bits per heavy atom. The molecule has 0 saturated carbocycles. The van der Waals surface area contributed by atoms with Gasteiger partial charge in [0, 0.05) is 25.4 Å². The standard InChI is InChI=1S/C17H19FN2O3/c18-13-5-1-7-19-17(13)23-15-11-20(10-12-4-2-8-21-12)14-6-3-9-22-16(14)15/h1-2,4-5,7-8,14-16H,3,6,9-11H2/t14-,15-,16+/m1/s1. The highest BCUT2D eigenvalue weighted by atomic mass is 19.1. The molecular weight excluding hydrogens is 299 g/mol. The zero-order valence-corrected chi connectivity index (χ0v) is 12.7. The van der Waals surface area contributed by atoms with Crippen LogP contribution in [0.2, 0.25) is 0 Å². The quantitative estimate of drug-likeness (QED) is 0.867. The van der Waals surface area contributed by atoms with E-state index in [-0.39, 0.29) is 24.1 Å². The molecule has 0 bridgehead atoms. The molecule has 3 atom stereocenters. The smallest absolute Gasteiger partial charge is 0.250 e. The van der Waals surface area contributed by atoms with Gasteiger partial charge in [0.1, 0.15) is 18.0 Å². The van der Waals surface area contributed by atoms with Gasteiger partial charge in [0.2, 0.25) is 0 Å². The van der Waals surface area contributed by atoms with Crippen molar-refractivity contribution in [1.29, 1.82) is 0 Å². The Kier molecular flexibility index (Phi) is 4.01. The lowest BCUT2D eigenvalue weighted by molar-refractivity contribution is -0.0490. The second-order valence-electron chi connectivity index (χ2n) is 6.00. The maximum absolute atomic E-state index is 13.8. The molecule has 2 fully saturated rings. The van der Waals surface area contributed by atoms with E-state index in [1.54, 1.807) is 12.3 Å². The number of rotatable bonds is 4. The number of ether oxygens (including phenoxy) is 2. The second-order valence-corrected chi connectivity index (χ2v) is 6.00. The third kappa shape index (κ3) is 2.96. The number of aromatic nitrogens is 1. The van der Waals surface area contributed by atoms with Gasteiger partial charge in [0.15, 0.2) is 5.82 Å². The molecule has 0 N–H and O–H groups in total. The molecule has 0 radical (unpaired) electrons. The number of hydrogen-bond acceptors (Lipinski definition) is 5. The summed E-state index contributed by atoms with van der Waals surface area (Å²) < 4.78 is 31.0. The van der Waals surface area contributed by atoms with E-state index in [9.17, 15) is 4.39 Å². The minimum Gasteiger partial charge on any atom is -0.468 e. The summed E-state index contributed by atoms with van der Waals surface area (Å²) >= 11 is 0. The van der Waals surface area contributed by atoms with Crippen LogP contribution in [-0.2, 0) is 11.3 Å². The predicted molar refractivity (Wildman–Crippen MR) is 80.5 cm³/mol. The van der Waals surface area contributed by atoms with Gasteiger partial charge in [-0.1, -0.05) is 0 Å². The number of fused-ring (bicyclic) bond motifs is 1. The second kappa shape index (κ2) is 6.29. The molecule has 2 aliphatic rings. The van der Waals surface area contributed by atoms with E-state index < -0.39 is 5.82 Å². The molecular formula is C17H19FN2O3. The van der Waals surface area contributed by atoms with Crippen molar-refractivity contribution in [3.8, 4) is 5.88 Å². The Morgan fingerprint density at radius 1 is 1.35 bits per heavy atom. The number of likely N-dealkylation sites (tertiary alicyclic amines) is 1. The fourth-order valence-electron chi connectivity index (χ4n) is 3.49. The summed E-state index contributed by atoms with van der Waals surface area (Å²) in [5, 5.41) is 0. The molecule has 2 saturated heterocycles. The lowest BCUT2D eigenvalue weighted by atomic mass is 10.0. The first-order valence-corrected chi connectivity index (χ1v) is 7.96. The van der Waals surface area contributed by atoms with Crippen molar-refractivity contribution in [2.24, 2.45) is 0 Å². The van der Waals surface area contributed by atoms with E-state index in [4.69, 9.17) is 13.9 Å². The fourth-order valence-corrected chi connectivity index (χ4v) is 3.49. The minimum atomic E-state index is -0.440. The van der Waals surface area contributed by atoms with Crippen molar-refractivity contribution in [2.75, 3.05) is 13.2 Å². The summed E-state index contributed by atoms with van der Waals surface area (Å²) in [6.45, 7) is 2.11. The van der Waals surface area contributed by atoms with E-state index in [0.29, 0.717) is 13.1 Å². The van der Waals surface area contributed by atoms with Crippen LogP contribution in [-0.4, -0.2) is 41.3 Å². The summed E-state index contributed by atoms with van der Waals surface area (Å²) in [6, 6.07) is 7.03. The summed E-state index contributed by atoms with van der Waals surface area (Å²) in [5.74, 6) is 0.522. The minimum absolute atomic E-state index is 0.0465. The maximum atomic E-state index is 13.8. The molecule has 5 nitrogen and oxygen atoms in total. The average molecular weight is 318 g/mol. The number of nitrogens with zero attached hydrogens (tertiary/aromatic N) is 2. The first-order valence-electron chi connectivity index (χ1n) is 7.96. The highest BCUT2D eigenvalue weighted by Gasteiger charge is 2.45. The number of pyridine rings is 1. The molecule has 122 valence electrons. The number of halogens is 1. The Morgan fingerprint density at radius 2 is 2.30 bits per heavy atom. The molecule has 2 aromatic heterocycles. The van der Waals surface area contributed by atoms with E-state index in [0.717, 1.165) is 25.2 Å². The van der Waals surface area contributed by atoms with Gasteiger partial charge in [-0.05, 0) is 37.1 Å². The fraction of sp³-hybridized carbons (Fsp3) is 0.471. The van der Waals surface area contributed by atoms with Crippen molar-refractivity contribution >= 4 is 0 Å².